The van der Waals surface area contributed by atoms with Crippen LogP contribution in [0.25, 0.3) is 0 Å². The first-order chi connectivity index (χ1) is 11.8. The molecule has 0 saturated carbocycles. The van der Waals surface area contributed by atoms with Crippen LogP contribution >= 0.6 is 0 Å². The average molecular weight is 331 g/mol. The molecule has 0 spiro atoms. The highest BCUT2D eigenvalue weighted by Crippen LogP contribution is 2.30. The van der Waals surface area contributed by atoms with Gasteiger partial charge in [-0.15, -0.1) is 0 Å². The summed E-state index contributed by atoms with van der Waals surface area (Å²) in [7, 11) is 0. The van der Waals surface area contributed by atoms with Crippen LogP contribution in [-0.2, 0) is 6.54 Å². The average Bonchev–Trinajstić information content (AvgIpc) is 2.84. The minimum Gasteiger partial charge on any atom is -0.490 e. The van der Waals surface area contributed by atoms with Crippen molar-refractivity contribution >= 4 is 5.96 Å². The molecule has 0 radical (unpaired) electrons. The number of piperidine rings is 1. The summed E-state index contributed by atoms with van der Waals surface area (Å²) >= 11 is 0. The number of hydrogen-bond acceptors (Lipinski definition) is 3. The number of nitrogens with one attached hydrogen (secondary N) is 1. The molecule has 0 unspecified atom stereocenters. The van der Waals surface area contributed by atoms with Crippen molar-refractivity contribution in [3.8, 4) is 11.5 Å². The van der Waals surface area contributed by atoms with Gasteiger partial charge in [0, 0.05) is 26.1 Å². The van der Waals surface area contributed by atoms with Gasteiger partial charge in [-0.05, 0) is 43.4 Å². The van der Waals surface area contributed by atoms with E-state index < -0.39 is 0 Å². The summed E-state index contributed by atoms with van der Waals surface area (Å²) in [5.74, 6) is 3.54. The zero-order valence-electron chi connectivity index (χ0n) is 14.9. The number of hydrogen-bond donors (Lipinski definition) is 1. The van der Waals surface area contributed by atoms with E-state index in [9.17, 15) is 0 Å². The Morgan fingerprint density at radius 3 is 2.71 bits per heavy atom. The van der Waals surface area contributed by atoms with Crippen molar-refractivity contribution in [2.24, 2.45) is 10.9 Å². The topological polar surface area (TPSA) is 46.1 Å². The monoisotopic (exact) mass is 331 g/mol. The highest BCUT2D eigenvalue weighted by atomic mass is 16.5. The lowest BCUT2D eigenvalue weighted by molar-refractivity contribution is 0.273. The van der Waals surface area contributed by atoms with Gasteiger partial charge in [0.1, 0.15) is 0 Å². The van der Waals surface area contributed by atoms with E-state index in [1.165, 1.54) is 12.8 Å². The molecule has 1 saturated heterocycles. The van der Waals surface area contributed by atoms with Gasteiger partial charge in [-0.1, -0.05) is 13.0 Å². The standard InChI is InChI=1S/C19H29N3O2/c1-3-20-19(22-9-7-15(2)8-10-22)21-14-16-5-6-17-18(13-16)24-12-4-11-23-17/h5-6,13,15H,3-4,7-12,14H2,1-2H3,(H,20,21). The molecule has 0 amide bonds. The Morgan fingerprint density at radius 2 is 1.96 bits per heavy atom. The summed E-state index contributed by atoms with van der Waals surface area (Å²) < 4.78 is 11.5. The number of likely N-dealkylation sites (tertiary alicyclic amines) is 1. The van der Waals surface area contributed by atoms with E-state index in [0.29, 0.717) is 13.2 Å². The predicted octanol–water partition coefficient (Wildman–Crippen LogP) is 3.05. The molecule has 1 N–H and O–H groups in total. The number of ether oxygens (including phenoxy) is 2. The van der Waals surface area contributed by atoms with Gasteiger partial charge in [0.2, 0.25) is 0 Å². The molecular weight excluding hydrogens is 302 g/mol. The quantitative estimate of drug-likeness (QED) is 0.683. The lowest BCUT2D eigenvalue weighted by Crippen LogP contribution is -2.45. The molecule has 2 aliphatic rings. The molecule has 0 bridgehead atoms. The zero-order chi connectivity index (χ0) is 16.8. The number of nitrogens with zero attached hydrogens (tertiary/aromatic N) is 2. The second kappa shape index (κ2) is 8.27. The van der Waals surface area contributed by atoms with Crippen LogP contribution in [0, 0.1) is 5.92 Å². The summed E-state index contributed by atoms with van der Waals surface area (Å²) in [4.78, 5) is 7.22. The van der Waals surface area contributed by atoms with Gasteiger partial charge in [0.15, 0.2) is 17.5 Å². The first-order valence-corrected chi connectivity index (χ1v) is 9.18. The Bertz CT molecular complexity index is 566. The molecule has 1 aromatic carbocycles. The number of guanidine groups is 1. The maximum atomic E-state index is 5.77. The van der Waals surface area contributed by atoms with E-state index >= 15 is 0 Å². The molecule has 1 fully saturated rings. The zero-order valence-corrected chi connectivity index (χ0v) is 14.9. The fourth-order valence-electron chi connectivity index (χ4n) is 3.12. The Morgan fingerprint density at radius 1 is 1.21 bits per heavy atom. The van der Waals surface area contributed by atoms with Gasteiger partial charge in [-0.25, -0.2) is 4.99 Å². The van der Waals surface area contributed by atoms with Crippen molar-refractivity contribution < 1.29 is 9.47 Å². The highest BCUT2D eigenvalue weighted by molar-refractivity contribution is 5.80. The maximum absolute atomic E-state index is 5.77. The number of benzene rings is 1. The van der Waals surface area contributed by atoms with Crippen LogP contribution in [0.4, 0.5) is 0 Å². The van der Waals surface area contributed by atoms with Crippen molar-refractivity contribution in [2.45, 2.75) is 39.7 Å². The van der Waals surface area contributed by atoms with E-state index in [4.69, 9.17) is 14.5 Å². The van der Waals surface area contributed by atoms with Gasteiger partial charge in [0.25, 0.3) is 0 Å². The number of aliphatic imine (C=N–C) groups is 1. The van der Waals surface area contributed by atoms with Crippen LogP contribution in [0.2, 0.25) is 0 Å². The molecule has 0 aliphatic carbocycles. The van der Waals surface area contributed by atoms with Crippen LogP contribution in [0.5, 0.6) is 11.5 Å². The predicted molar refractivity (Wildman–Crippen MR) is 96.8 cm³/mol. The SMILES string of the molecule is CCNC(=NCc1ccc2c(c1)OCCCO2)N1CCC(C)CC1. The van der Waals surface area contributed by atoms with Gasteiger partial charge in [-0.2, -0.15) is 0 Å². The largest absolute Gasteiger partial charge is 0.490 e. The summed E-state index contributed by atoms with van der Waals surface area (Å²) in [6, 6.07) is 6.14. The second-order valence-corrected chi connectivity index (χ2v) is 6.67. The Hall–Kier alpha value is -1.91. The molecule has 2 heterocycles. The molecule has 2 aliphatic heterocycles. The van der Waals surface area contributed by atoms with Crippen molar-refractivity contribution in [1.29, 1.82) is 0 Å². The smallest absolute Gasteiger partial charge is 0.194 e. The number of rotatable bonds is 3. The molecule has 0 aromatic heterocycles. The second-order valence-electron chi connectivity index (χ2n) is 6.67. The highest BCUT2D eigenvalue weighted by Gasteiger charge is 2.18. The first kappa shape index (κ1) is 16.9. The Balaban J connectivity index is 1.68. The van der Waals surface area contributed by atoms with Crippen LogP contribution in [0.1, 0.15) is 38.7 Å². The normalized spacial score (nSPS) is 19.1. The van der Waals surface area contributed by atoms with Crippen LogP contribution < -0.4 is 14.8 Å². The van der Waals surface area contributed by atoms with Gasteiger partial charge < -0.3 is 19.7 Å². The van der Waals surface area contributed by atoms with E-state index in [1.807, 2.05) is 6.07 Å². The maximum Gasteiger partial charge on any atom is 0.194 e. The van der Waals surface area contributed by atoms with Crippen LogP contribution in [0.15, 0.2) is 23.2 Å². The van der Waals surface area contributed by atoms with Crippen molar-refractivity contribution in [3.05, 3.63) is 23.8 Å². The molecule has 5 nitrogen and oxygen atoms in total. The molecule has 0 atom stereocenters. The molecule has 132 valence electrons. The van der Waals surface area contributed by atoms with Crippen molar-refractivity contribution in [2.75, 3.05) is 32.8 Å². The third-order valence-electron chi connectivity index (χ3n) is 4.64. The summed E-state index contributed by atoms with van der Waals surface area (Å²) in [5, 5.41) is 3.43. The van der Waals surface area contributed by atoms with E-state index in [0.717, 1.165) is 61.6 Å². The first-order valence-electron chi connectivity index (χ1n) is 9.18. The summed E-state index contributed by atoms with van der Waals surface area (Å²) in [6.07, 6.45) is 3.42. The van der Waals surface area contributed by atoms with Gasteiger partial charge in [-0.3, -0.25) is 0 Å². The Kier molecular flexibility index (Phi) is 5.83. The Labute approximate surface area is 145 Å². The van der Waals surface area contributed by atoms with Crippen LogP contribution in [0.3, 0.4) is 0 Å². The lowest BCUT2D eigenvalue weighted by atomic mass is 10.00. The van der Waals surface area contributed by atoms with Gasteiger partial charge in [0.05, 0.1) is 19.8 Å². The van der Waals surface area contributed by atoms with E-state index in [2.05, 4.69) is 36.2 Å². The fourth-order valence-corrected chi connectivity index (χ4v) is 3.12. The minimum absolute atomic E-state index is 0.658. The molecule has 24 heavy (non-hydrogen) atoms. The third-order valence-corrected chi connectivity index (χ3v) is 4.64. The van der Waals surface area contributed by atoms with Crippen molar-refractivity contribution in [1.82, 2.24) is 10.2 Å². The van der Waals surface area contributed by atoms with Crippen LogP contribution in [-0.4, -0.2) is 43.7 Å². The fraction of sp³-hybridized carbons (Fsp3) is 0.632. The van der Waals surface area contributed by atoms with E-state index in [1.54, 1.807) is 0 Å². The molecule has 1 aromatic rings. The van der Waals surface area contributed by atoms with Crippen molar-refractivity contribution in [3.63, 3.8) is 0 Å². The van der Waals surface area contributed by atoms with E-state index in [-0.39, 0.29) is 0 Å². The lowest BCUT2D eigenvalue weighted by Gasteiger charge is -2.33. The molecule has 3 rings (SSSR count). The molecule has 5 heteroatoms. The van der Waals surface area contributed by atoms with Gasteiger partial charge >= 0.3 is 0 Å². The third kappa shape index (κ3) is 4.34. The summed E-state index contributed by atoms with van der Waals surface area (Å²) in [6.45, 7) is 9.63. The number of fused-ring (bicyclic) bond motifs is 1. The minimum atomic E-state index is 0.658. The molecular formula is C19H29N3O2. The summed E-state index contributed by atoms with van der Waals surface area (Å²) in [5.41, 5.74) is 1.15.